The Kier molecular flexibility index (Phi) is 2.39. The van der Waals surface area contributed by atoms with Gasteiger partial charge in [-0.3, -0.25) is 3.81 Å². The lowest BCUT2D eigenvalue weighted by Crippen LogP contribution is -2.15. The molecule has 0 aliphatic rings. The van der Waals surface area contributed by atoms with E-state index in [9.17, 15) is 8.42 Å². The van der Waals surface area contributed by atoms with E-state index in [0.29, 0.717) is 0 Å². The minimum Gasteiger partial charge on any atom is -0.292 e. The first kappa shape index (κ1) is 7.87. The molecular weight excluding hydrogens is 132 g/mol. The number of hydrogen-bond donors (Lipinski definition) is 0. The molecule has 8 heavy (non-hydrogen) atoms. The predicted octanol–water partition coefficient (Wildman–Crippen LogP) is -0.310. The summed E-state index contributed by atoms with van der Waals surface area (Å²) < 4.78 is 26.5. The summed E-state index contributed by atoms with van der Waals surface area (Å²) in [6.45, 7) is 0. The highest BCUT2D eigenvalue weighted by Gasteiger charge is 2.17. The molecule has 0 saturated heterocycles. The number of rotatable bonds is 2. The topological polar surface area (TPSA) is 46.1 Å². The highest BCUT2D eigenvalue weighted by molar-refractivity contribution is 7.82. The van der Waals surface area contributed by atoms with E-state index in [1.807, 2.05) is 0 Å². The molecule has 0 unspecified atom stereocenters. The van der Waals surface area contributed by atoms with Crippen molar-refractivity contribution >= 4 is 10.4 Å². The van der Waals surface area contributed by atoms with Crippen LogP contribution in [-0.4, -0.2) is 29.7 Å². The van der Waals surface area contributed by atoms with Gasteiger partial charge < -0.3 is 0 Å². The molecule has 0 radical (unpaired) electrons. The highest BCUT2D eigenvalue weighted by Crippen LogP contribution is 1.97. The summed E-state index contributed by atoms with van der Waals surface area (Å²) in [6, 6.07) is 0. The van der Waals surface area contributed by atoms with Gasteiger partial charge in [-0.1, -0.05) is 0 Å². The summed E-state index contributed by atoms with van der Waals surface area (Å²) in [5.74, 6) is 0. The molecule has 0 rings (SSSR count). The third kappa shape index (κ3) is 1.77. The van der Waals surface area contributed by atoms with Crippen LogP contribution in [0.5, 0.6) is 0 Å². The minimum atomic E-state index is -3.49. The third-order valence-electron chi connectivity index (χ3n) is 0.612. The van der Waals surface area contributed by atoms with Crippen LogP contribution in [0.3, 0.4) is 0 Å². The van der Waals surface area contributed by atoms with Gasteiger partial charge >= 0.3 is 10.4 Å². The molecule has 0 aromatic heterocycles. The molecule has 0 aromatic carbocycles. The van der Waals surface area contributed by atoms with Crippen molar-refractivity contribution in [1.82, 2.24) is 0 Å². The van der Waals surface area contributed by atoms with Gasteiger partial charge in [-0.15, -0.1) is 8.42 Å². The average Bonchev–Trinajstić information content (AvgIpc) is 1.67. The zero-order valence-corrected chi connectivity index (χ0v) is 5.86. The summed E-state index contributed by atoms with van der Waals surface area (Å²) in [5, 5.41) is 0. The van der Waals surface area contributed by atoms with E-state index in [4.69, 9.17) is 0 Å². The molecule has 0 spiro atoms. The SMILES string of the molecule is COS(=O)(=O)[O+](C)C. The Bertz CT molecular complexity index is 145. The molecule has 50 valence electrons. The van der Waals surface area contributed by atoms with Gasteiger partial charge in [0.1, 0.15) is 0 Å². The predicted molar refractivity (Wildman–Crippen MR) is 28.9 cm³/mol. The monoisotopic (exact) mass is 141 g/mol. The normalized spacial score (nSPS) is 12.5. The fourth-order valence-corrected chi connectivity index (χ4v) is 0.408. The minimum absolute atomic E-state index is 1.10. The molecule has 0 aliphatic heterocycles. The molecule has 0 amide bonds. The van der Waals surface area contributed by atoms with Crippen molar-refractivity contribution in [2.24, 2.45) is 0 Å². The van der Waals surface area contributed by atoms with E-state index in [1.165, 1.54) is 14.2 Å². The molecule has 0 bridgehead atoms. The van der Waals surface area contributed by atoms with Gasteiger partial charge in [-0.25, -0.2) is 4.18 Å². The maximum Gasteiger partial charge on any atom is 0.530 e. The van der Waals surface area contributed by atoms with E-state index in [1.54, 1.807) is 3.81 Å². The maximum absolute atomic E-state index is 10.4. The van der Waals surface area contributed by atoms with Crippen LogP contribution in [0.4, 0.5) is 0 Å². The highest BCUT2D eigenvalue weighted by atomic mass is 32.3. The van der Waals surface area contributed by atoms with Gasteiger partial charge in [-0.2, -0.15) is 0 Å². The lowest BCUT2D eigenvalue weighted by atomic mass is 11.6. The average molecular weight is 141 g/mol. The lowest BCUT2D eigenvalue weighted by Gasteiger charge is -2.01. The van der Waals surface area contributed by atoms with Crippen LogP contribution in [0.2, 0.25) is 0 Å². The molecular formula is C3H9O4S+. The molecule has 0 saturated carbocycles. The van der Waals surface area contributed by atoms with Crippen LogP contribution in [0.1, 0.15) is 0 Å². The molecule has 4 nitrogen and oxygen atoms in total. The second kappa shape index (κ2) is 2.43. The first-order chi connectivity index (χ1) is 3.50. The van der Waals surface area contributed by atoms with Crippen molar-refractivity contribution in [3.8, 4) is 0 Å². The third-order valence-corrected chi connectivity index (χ3v) is 1.84. The molecule has 0 aromatic rings. The van der Waals surface area contributed by atoms with Gasteiger partial charge in [0.2, 0.25) is 0 Å². The van der Waals surface area contributed by atoms with E-state index in [-0.39, 0.29) is 0 Å². The first-order valence-electron chi connectivity index (χ1n) is 1.89. The Morgan fingerprint density at radius 3 is 1.75 bits per heavy atom. The van der Waals surface area contributed by atoms with E-state index in [0.717, 1.165) is 7.11 Å². The van der Waals surface area contributed by atoms with Crippen molar-refractivity contribution in [1.29, 1.82) is 0 Å². The van der Waals surface area contributed by atoms with Gasteiger partial charge in [0.15, 0.2) is 14.2 Å². The van der Waals surface area contributed by atoms with Crippen LogP contribution in [0, 0.1) is 0 Å². The summed E-state index contributed by atoms with van der Waals surface area (Å²) in [7, 11) is 0.250. The zero-order chi connectivity index (χ0) is 6.78. The van der Waals surface area contributed by atoms with Crippen molar-refractivity contribution < 1.29 is 16.4 Å². The lowest BCUT2D eigenvalue weighted by molar-refractivity contribution is 0.0947. The quantitative estimate of drug-likeness (QED) is 0.495. The fourth-order valence-electron chi connectivity index (χ4n) is 0.136. The van der Waals surface area contributed by atoms with Gasteiger partial charge in [0.25, 0.3) is 0 Å². The summed E-state index contributed by atoms with van der Waals surface area (Å²) >= 11 is 0. The summed E-state index contributed by atoms with van der Waals surface area (Å²) in [4.78, 5) is 0. The Labute approximate surface area is 49.1 Å². The zero-order valence-electron chi connectivity index (χ0n) is 5.04. The second-order valence-corrected chi connectivity index (χ2v) is 3.13. The van der Waals surface area contributed by atoms with Crippen LogP contribution in [0.25, 0.3) is 0 Å². The Balaban J connectivity index is 4.17. The Morgan fingerprint density at radius 1 is 1.38 bits per heavy atom. The van der Waals surface area contributed by atoms with Gasteiger partial charge in [-0.05, 0) is 0 Å². The number of hydrogen-bond acceptors (Lipinski definition) is 3. The largest absolute Gasteiger partial charge is 0.530 e. The molecule has 0 atom stereocenters. The van der Waals surface area contributed by atoms with Gasteiger partial charge in [0.05, 0.1) is 7.11 Å². The van der Waals surface area contributed by atoms with E-state index >= 15 is 0 Å². The summed E-state index contributed by atoms with van der Waals surface area (Å²) in [6.07, 6.45) is 0. The van der Waals surface area contributed by atoms with E-state index in [2.05, 4.69) is 4.18 Å². The summed E-state index contributed by atoms with van der Waals surface area (Å²) in [5.41, 5.74) is 0. The smallest absolute Gasteiger partial charge is 0.292 e. The molecule has 0 heterocycles. The van der Waals surface area contributed by atoms with Crippen molar-refractivity contribution in [3.63, 3.8) is 0 Å². The Hall–Kier alpha value is -0.130. The van der Waals surface area contributed by atoms with Crippen LogP contribution < -0.4 is 0 Å². The first-order valence-corrected chi connectivity index (χ1v) is 3.22. The maximum atomic E-state index is 10.4. The molecule has 0 N–H and O–H groups in total. The van der Waals surface area contributed by atoms with E-state index < -0.39 is 10.4 Å². The fraction of sp³-hybridized carbons (Fsp3) is 1.00. The van der Waals surface area contributed by atoms with Crippen LogP contribution in [0.15, 0.2) is 0 Å². The van der Waals surface area contributed by atoms with Crippen molar-refractivity contribution in [2.75, 3.05) is 21.3 Å². The molecule has 0 fully saturated rings. The van der Waals surface area contributed by atoms with Crippen molar-refractivity contribution in [2.45, 2.75) is 0 Å². The van der Waals surface area contributed by atoms with Crippen LogP contribution >= 0.6 is 0 Å². The molecule has 5 heteroatoms. The standard InChI is InChI=1S/C3H9O4S/c1-6-8(4,5)7(2)3/h1-3H3/q+1. The second-order valence-electron chi connectivity index (χ2n) is 1.32. The Morgan fingerprint density at radius 2 is 1.75 bits per heavy atom. The van der Waals surface area contributed by atoms with Crippen LogP contribution in [-0.2, 0) is 18.4 Å². The van der Waals surface area contributed by atoms with Crippen molar-refractivity contribution in [3.05, 3.63) is 0 Å². The van der Waals surface area contributed by atoms with Gasteiger partial charge in [0, 0.05) is 0 Å². The molecule has 0 aliphatic carbocycles.